The van der Waals surface area contributed by atoms with Gasteiger partial charge < -0.3 is 0 Å². The van der Waals surface area contributed by atoms with Crippen molar-refractivity contribution >= 4 is 11.3 Å². The molecule has 0 atom stereocenters. The van der Waals surface area contributed by atoms with Crippen LogP contribution in [0.3, 0.4) is 0 Å². The Bertz CT molecular complexity index is 283. The Labute approximate surface area is 96.7 Å². The van der Waals surface area contributed by atoms with E-state index in [0.29, 0.717) is 0 Å². The van der Waals surface area contributed by atoms with Gasteiger partial charge in [0.2, 0.25) is 0 Å². The summed E-state index contributed by atoms with van der Waals surface area (Å²) in [5.41, 5.74) is 1.74. The average Bonchev–Trinajstić information content (AvgIpc) is 3.01. The maximum atomic E-state index is 2.42. The lowest BCUT2D eigenvalue weighted by Gasteiger charge is -2.14. The first-order valence-electron chi connectivity index (χ1n) is 6.52. The van der Waals surface area contributed by atoms with Gasteiger partial charge in [0.1, 0.15) is 0 Å². The number of hydrogen-bond donors (Lipinski definition) is 0. The molecule has 0 aromatic carbocycles. The molecule has 0 amide bonds. The molecule has 0 N–H and O–H groups in total. The Morgan fingerprint density at radius 2 is 1.47 bits per heavy atom. The molecule has 0 saturated heterocycles. The Morgan fingerprint density at radius 3 is 2.13 bits per heavy atom. The van der Waals surface area contributed by atoms with Crippen LogP contribution < -0.4 is 0 Å². The van der Waals surface area contributed by atoms with Gasteiger partial charge in [0.05, 0.1) is 0 Å². The van der Waals surface area contributed by atoms with Crippen LogP contribution in [0.25, 0.3) is 0 Å². The number of rotatable bonds is 2. The Balaban J connectivity index is 1.84. The molecule has 2 aliphatic rings. The van der Waals surface area contributed by atoms with Crippen molar-refractivity contribution in [2.75, 3.05) is 0 Å². The topological polar surface area (TPSA) is 0 Å². The molecule has 0 bridgehead atoms. The van der Waals surface area contributed by atoms with E-state index < -0.39 is 0 Å². The molecule has 15 heavy (non-hydrogen) atoms. The Kier molecular flexibility index (Phi) is 2.83. The van der Waals surface area contributed by atoms with E-state index in [0.717, 1.165) is 11.8 Å². The standard InChI is InChI=1S/C14H20S/c1-2-6-11(5-1)13-9-10-15-14(13)12-7-3-4-8-12/h9-12H,1-8H2. The molecular formula is C14H20S. The molecule has 3 rings (SSSR count). The second-order valence-corrected chi connectivity index (χ2v) is 6.15. The molecule has 2 fully saturated rings. The van der Waals surface area contributed by atoms with E-state index in [4.69, 9.17) is 0 Å². The highest BCUT2D eigenvalue weighted by atomic mass is 32.1. The van der Waals surface area contributed by atoms with Gasteiger partial charge in [0.25, 0.3) is 0 Å². The maximum absolute atomic E-state index is 2.42. The van der Waals surface area contributed by atoms with Crippen LogP contribution in [0.2, 0.25) is 0 Å². The molecule has 0 unspecified atom stereocenters. The second kappa shape index (κ2) is 4.29. The van der Waals surface area contributed by atoms with E-state index in [1.165, 1.54) is 51.4 Å². The minimum absolute atomic E-state index is 0.923. The summed E-state index contributed by atoms with van der Waals surface area (Å²) in [6.45, 7) is 0. The fourth-order valence-electron chi connectivity index (χ4n) is 3.42. The zero-order chi connectivity index (χ0) is 10.1. The van der Waals surface area contributed by atoms with E-state index in [1.807, 2.05) is 11.3 Å². The molecule has 2 aliphatic carbocycles. The van der Waals surface area contributed by atoms with Crippen LogP contribution in [-0.4, -0.2) is 0 Å². The highest BCUT2D eigenvalue weighted by Crippen LogP contribution is 2.44. The van der Waals surface area contributed by atoms with Crippen molar-refractivity contribution in [3.8, 4) is 0 Å². The number of hydrogen-bond acceptors (Lipinski definition) is 1. The lowest BCUT2D eigenvalue weighted by Crippen LogP contribution is -1.98. The predicted molar refractivity (Wildman–Crippen MR) is 66.7 cm³/mol. The quantitative estimate of drug-likeness (QED) is 0.653. The lowest BCUT2D eigenvalue weighted by atomic mass is 9.93. The summed E-state index contributed by atoms with van der Waals surface area (Å²) in [7, 11) is 0. The van der Waals surface area contributed by atoms with Gasteiger partial charge in [-0.15, -0.1) is 11.3 Å². The van der Waals surface area contributed by atoms with E-state index in [-0.39, 0.29) is 0 Å². The maximum Gasteiger partial charge on any atom is 0.0111 e. The largest absolute Gasteiger partial charge is 0.148 e. The van der Waals surface area contributed by atoms with Gasteiger partial charge in [-0.3, -0.25) is 0 Å². The van der Waals surface area contributed by atoms with Gasteiger partial charge in [0, 0.05) is 4.88 Å². The third kappa shape index (κ3) is 1.87. The van der Waals surface area contributed by atoms with Gasteiger partial charge in [-0.05, 0) is 54.5 Å². The summed E-state index contributed by atoms with van der Waals surface area (Å²) in [4.78, 5) is 1.76. The fourth-order valence-corrected chi connectivity index (χ4v) is 4.59. The van der Waals surface area contributed by atoms with Crippen LogP contribution in [0.1, 0.15) is 73.6 Å². The molecule has 82 valence electrons. The molecule has 1 heteroatoms. The molecule has 1 aromatic rings. The molecule has 0 nitrogen and oxygen atoms in total. The smallest absolute Gasteiger partial charge is 0.0111 e. The van der Waals surface area contributed by atoms with Gasteiger partial charge >= 0.3 is 0 Å². The molecule has 2 saturated carbocycles. The van der Waals surface area contributed by atoms with Crippen LogP contribution in [0, 0.1) is 0 Å². The summed E-state index contributed by atoms with van der Waals surface area (Å²) < 4.78 is 0. The van der Waals surface area contributed by atoms with E-state index in [9.17, 15) is 0 Å². The van der Waals surface area contributed by atoms with Crippen molar-refractivity contribution in [2.45, 2.75) is 63.2 Å². The molecule has 1 heterocycles. The first kappa shape index (κ1) is 9.89. The molecule has 0 spiro atoms. The Morgan fingerprint density at radius 1 is 0.867 bits per heavy atom. The van der Waals surface area contributed by atoms with Crippen molar-refractivity contribution in [1.29, 1.82) is 0 Å². The number of thiophene rings is 1. The third-order valence-corrected chi connectivity index (χ3v) is 5.34. The minimum atomic E-state index is 0.923. The summed E-state index contributed by atoms with van der Waals surface area (Å²) >= 11 is 2.03. The first-order chi connectivity index (χ1) is 7.45. The molecular weight excluding hydrogens is 200 g/mol. The zero-order valence-corrected chi connectivity index (χ0v) is 10.2. The first-order valence-corrected chi connectivity index (χ1v) is 7.40. The SMILES string of the molecule is c1cc(C2CCCC2)c(C2CCCC2)s1. The summed E-state index contributed by atoms with van der Waals surface area (Å²) in [5.74, 6) is 1.85. The molecule has 0 aliphatic heterocycles. The summed E-state index contributed by atoms with van der Waals surface area (Å²) in [5, 5.41) is 2.33. The van der Waals surface area contributed by atoms with Crippen molar-refractivity contribution < 1.29 is 0 Å². The van der Waals surface area contributed by atoms with E-state index in [2.05, 4.69) is 11.4 Å². The van der Waals surface area contributed by atoms with Crippen molar-refractivity contribution in [3.05, 3.63) is 21.9 Å². The highest BCUT2D eigenvalue weighted by molar-refractivity contribution is 7.10. The summed E-state index contributed by atoms with van der Waals surface area (Å²) in [6, 6.07) is 2.42. The predicted octanol–water partition coefficient (Wildman–Crippen LogP) is 5.06. The lowest BCUT2D eigenvalue weighted by molar-refractivity contribution is 0.678. The fraction of sp³-hybridized carbons (Fsp3) is 0.714. The van der Waals surface area contributed by atoms with Crippen LogP contribution in [0.4, 0.5) is 0 Å². The molecule has 1 aromatic heterocycles. The minimum Gasteiger partial charge on any atom is -0.148 e. The van der Waals surface area contributed by atoms with Crippen LogP contribution in [-0.2, 0) is 0 Å². The van der Waals surface area contributed by atoms with Gasteiger partial charge in [-0.25, -0.2) is 0 Å². The van der Waals surface area contributed by atoms with Crippen molar-refractivity contribution in [3.63, 3.8) is 0 Å². The van der Waals surface area contributed by atoms with Gasteiger partial charge in [-0.1, -0.05) is 25.7 Å². The van der Waals surface area contributed by atoms with Crippen molar-refractivity contribution in [1.82, 2.24) is 0 Å². The molecule has 0 radical (unpaired) electrons. The van der Waals surface area contributed by atoms with Crippen LogP contribution in [0.5, 0.6) is 0 Å². The summed E-state index contributed by atoms with van der Waals surface area (Å²) in [6.07, 6.45) is 11.7. The third-order valence-electron chi connectivity index (χ3n) is 4.25. The van der Waals surface area contributed by atoms with Crippen molar-refractivity contribution in [2.24, 2.45) is 0 Å². The van der Waals surface area contributed by atoms with E-state index >= 15 is 0 Å². The van der Waals surface area contributed by atoms with E-state index in [1.54, 1.807) is 10.4 Å². The second-order valence-electron chi connectivity index (χ2n) is 5.20. The average molecular weight is 220 g/mol. The zero-order valence-electron chi connectivity index (χ0n) is 9.37. The van der Waals surface area contributed by atoms with Crippen LogP contribution in [0.15, 0.2) is 11.4 Å². The van der Waals surface area contributed by atoms with Crippen LogP contribution >= 0.6 is 11.3 Å². The van der Waals surface area contributed by atoms with Gasteiger partial charge in [-0.2, -0.15) is 0 Å². The highest BCUT2D eigenvalue weighted by Gasteiger charge is 2.26. The van der Waals surface area contributed by atoms with Gasteiger partial charge in [0.15, 0.2) is 0 Å². The Hall–Kier alpha value is -0.300. The monoisotopic (exact) mass is 220 g/mol. The normalized spacial score (nSPS) is 24.0.